The Hall–Kier alpha value is -2.65. The molecular formula is C20H25N3O5S. The average Bonchev–Trinajstić information content (AvgIpc) is 3.24. The van der Waals surface area contributed by atoms with Crippen LogP contribution in [0.3, 0.4) is 0 Å². The maximum atomic E-state index is 12.6. The van der Waals surface area contributed by atoms with Gasteiger partial charge in [-0.1, -0.05) is 6.92 Å². The fourth-order valence-corrected chi connectivity index (χ4v) is 4.87. The van der Waals surface area contributed by atoms with Crippen LogP contribution in [0.15, 0.2) is 47.1 Å². The Morgan fingerprint density at radius 2 is 1.83 bits per heavy atom. The molecule has 1 atom stereocenters. The molecule has 0 saturated carbocycles. The molecule has 2 aromatic rings. The molecule has 2 heterocycles. The van der Waals surface area contributed by atoms with Crippen molar-refractivity contribution < 1.29 is 22.4 Å². The van der Waals surface area contributed by atoms with Crippen molar-refractivity contribution in [1.82, 2.24) is 4.31 Å². The quantitative estimate of drug-likeness (QED) is 0.717. The Balaban J connectivity index is 1.57. The molecule has 9 heteroatoms. The van der Waals surface area contributed by atoms with E-state index in [1.807, 2.05) is 6.92 Å². The summed E-state index contributed by atoms with van der Waals surface area (Å²) in [5.41, 5.74) is 1.15. The van der Waals surface area contributed by atoms with Gasteiger partial charge in [0, 0.05) is 24.5 Å². The van der Waals surface area contributed by atoms with E-state index in [-0.39, 0.29) is 35.8 Å². The number of carbonyl (C=O) groups is 2. The molecular weight excluding hydrogens is 394 g/mol. The van der Waals surface area contributed by atoms with Gasteiger partial charge >= 0.3 is 0 Å². The van der Waals surface area contributed by atoms with Gasteiger partial charge in [-0.05, 0) is 55.7 Å². The van der Waals surface area contributed by atoms with Crippen LogP contribution < -0.4 is 10.6 Å². The van der Waals surface area contributed by atoms with Crippen molar-refractivity contribution in [3.63, 3.8) is 0 Å². The monoisotopic (exact) mass is 419 g/mol. The number of rotatable bonds is 7. The Morgan fingerprint density at radius 1 is 1.14 bits per heavy atom. The van der Waals surface area contributed by atoms with E-state index < -0.39 is 10.0 Å². The van der Waals surface area contributed by atoms with Crippen LogP contribution in [0.2, 0.25) is 0 Å². The van der Waals surface area contributed by atoms with E-state index in [9.17, 15) is 18.0 Å². The topological polar surface area (TPSA) is 109 Å². The summed E-state index contributed by atoms with van der Waals surface area (Å²) in [5.74, 6) is -0.626. The van der Waals surface area contributed by atoms with E-state index in [1.165, 1.54) is 10.6 Å². The van der Waals surface area contributed by atoms with Gasteiger partial charge in [0.2, 0.25) is 15.9 Å². The Morgan fingerprint density at radius 3 is 2.45 bits per heavy atom. The fourth-order valence-electron chi connectivity index (χ4n) is 3.28. The van der Waals surface area contributed by atoms with E-state index in [0.29, 0.717) is 37.2 Å². The van der Waals surface area contributed by atoms with Gasteiger partial charge in [0.05, 0.1) is 17.9 Å². The predicted octanol–water partition coefficient (Wildman–Crippen LogP) is 2.92. The number of anilines is 2. The maximum absolute atomic E-state index is 12.6. The van der Waals surface area contributed by atoms with E-state index in [0.717, 1.165) is 0 Å². The van der Waals surface area contributed by atoms with E-state index in [4.69, 9.17) is 4.42 Å². The van der Waals surface area contributed by atoms with Gasteiger partial charge < -0.3 is 15.1 Å². The van der Waals surface area contributed by atoms with Gasteiger partial charge in [0.25, 0.3) is 5.91 Å². The van der Waals surface area contributed by atoms with Crippen molar-refractivity contribution in [2.24, 2.45) is 5.92 Å². The number of furan rings is 1. The van der Waals surface area contributed by atoms with Gasteiger partial charge in [-0.3, -0.25) is 9.59 Å². The Labute approximate surface area is 170 Å². The normalized spacial score (nSPS) is 17.6. The lowest BCUT2D eigenvalue weighted by Gasteiger charge is -2.31. The Bertz CT molecular complexity index is 939. The number of carbonyl (C=O) groups excluding carboxylic acids is 2. The number of hydrogen-bond acceptors (Lipinski definition) is 5. The highest BCUT2D eigenvalue weighted by atomic mass is 32.2. The highest BCUT2D eigenvalue weighted by Crippen LogP contribution is 2.22. The maximum Gasteiger partial charge on any atom is 0.291 e. The van der Waals surface area contributed by atoms with Crippen molar-refractivity contribution >= 4 is 33.2 Å². The summed E-state index contributed by atoms with van der Waals surface area (Å²) < 4.78 is 31.0. The summed E-state index contributed by atoms with van der Waals surface area (Å²) >= 11 is 0. The lowest BCUT2D eigenvalue weighted by molar-refractivity contribution is -0.120. The second kappa shape index (κ2) is 9.23. The van der Waals surface area contributed by atoms with Crippen LogP contribution in [0.5, 0.6) is 0 Å². The smallest absolute Gasteiger partial charge is 0.291 e. The van der Waals surface area contributed by atoms with Gasteiger partial charge in [-0.15, -0.1) is 0 Å². The van der Waals surface area contributed by atoms with Gasteiger partial charge in [0.1, 0.15) is 0 Å². The van der Waals surface area contributed by atoms with Gasteiger partial charge in [-0.2, -0.15) is 0 Å². The summed E-state index contributed by atoms with van der Waals surface area (Å²) in [4.78, 5) is 24.6. The van der Waals surface area contributed by atoms with Crippen molar-refractivity contribution in [2.75, 3.05) is 29.5 Å². The average molecular weight is 420 g/mol. The molecule has 0 unspecified atom stereocenters. The molecule has 2 amide bonds. The summed E-state index contributed by atoms with van der Waals surface area (Å²) in [7, 11) is -3.30. The first-order valence-electron chi connectivity index (χ1n) is 9.62. The number of piperidine rings is 1. The molecule has 1 aliphatic heterocycles. The molecule has 3 rings (SSSR count). The first kappa shape index (κ1) is 21.1. The van der Waals surface area contributed by atoms with Crippen molar-refractivity contribution in [3.05, 3.63) is 48.4 Å². The molecule has 1 aromatic carbocycles. The van der Waals surface area contributed by atoms with Crippen LogP contribution in [0.4, 0.5) is 11.4 Å². The van der Waals surface area contributed by atoms with Crippen LogP contribution in [0, 0.1) is 5.92 Å². The summed E-state index contributed by atoms with van der Waals surface area (Å²) in [6.07, 6.45) is 3.30. The summed E-state index contributed by atoms with van der Waals surface area (Å²) in [6, 6.07) is 9.92. The largest absolute Gasteiger partial charge is 0.459 e. The lowest BCUT2D eigenvalue weighted by Crippen LogP contribution is -2.44. The zero-order valence-electron chi connectivity index (χ0n) is 16.3. The molecule has 0 spiro atoms. The molecule has 1 fully saturated rings. The standard InChI is InChI=1S/C20H25N3O5S/c1-2-13-29(26,27)23-11-3-5-15(14-23)19(24)21-16-7-9-17(10-8-16)22-20(25)18-6-4-12-28-18/h4,6-10,12,15H,2-3,5,11,13-14H2,1H3,(H,21,24)(H,22,25)/t15-/m0/s1. The first-order valence-corrected chi connectivity index (χ1v) is 11.2. The predicted molar refractivity (Wildman–Crippen MR) is 110 cm³/mol. The second-order valence-electron chi connectivity index (χ2n) is 7.01. The van der Waals surface area contributed by atoms with Crippen LogP contribution in [0.25, 0.3) is 0 Å². The summed E-state index contributed by atoms with van der Waals surface area (Å²) in [6.45, 7) is 2.51. The molecule has 8 nitrogen and oxygen atoms in total. The van der Waals surface area contributed by atoms with Gasteiger partial charge in [-0.25, -0.2) is 12.7 Å². The minimum Gasteiger partial charge on any atom is -0.459 e. The van der Waals surface area contributed by atoms with Crippen molar-refractivity contribution in [3.8, 4) is 0 Å². The molecule has 0 aliphatic carbocycles. The zero-order valence-corrected chi connectivity index (χ0v) is 17.1. The molecule has 1 aliphatic rings. The van der Waals surface area contributed by atoms with Crippen molar-refractivity contribution in [1.29, 1.82) is 0 Å². The van der Waals surface area contributed by atoms with Gasteiger partial charge in [0.15, 0.2) is 5.76 Å². The number of benzene rings is 1. The van der Waals surface area contributed by atoms with Crippen LogP contribution >= 0.6 is 0 Å². The molecule has 2 N–H and O–H groups in total. The number of hydrogen-bond donors (Lipinski definition) is 2. The highest BCUT2D eigenvalue weighted by Gasteiger charge is 2.31. The highest BCUT2D eigenvalue weighted by molar-refractivity contribution is 7.89. The van der Waals surface area contributed by atoms with E-state index in [1.54, 1.807) is 36.4 Å². The Kier molecular flexibility index (Phi) is 6.71. The fraction of sp³-hybridized carbons (Fsp3) is 0.400. The minimum atomic E-state index is -3.30. The second-order valence-corrected chi connectivity index (χ2v) is 9.10. The number of amides is 2. The van der Waals surface area contributed by atoms with Crippen LogP contribution in [-0.4, -0.2) is 43.4 Å². The van der Waals surface area contributed by atoms with E-state index >= 15 is 0 Å². The summed E-state index contributed by atoms with van der Waals surface area (Å²) in [5, 5.41) is 5.54. The molecule has 156 valence electrons. The molecule has 1 aromatic heterocycles. The number of nitrogens with one attached hydrogen (secondary N) is 2. The number of sulfonamides is 1. The molecule has 1 saturated heterocycles. The van der Waals surface area contributed by atoms with E-state index in [2.05, 4.69) is 10.6 Å². The third-order valence-electron chi connectivity index (χ3n) is 4.77. The van der Waals surface area contributed by atoms with Crippen LogP contribution in [-0.2, 0) is 14.8 Å². The zero-order chi connectivity index (χ0) is 20.9. The first-order chi connectivity index (χ1) is 13.9. The third kappa shape index (κ3) is 5.45. The SMILES string of the molecule is CCCS(=O)(=O)N1CCC[C@H](C(=O)Nc2ccc(NC(=O)c3ccco3)cc2)C1. The van der Waals surface area contributed by atoms with Crippen LogP contribution in [0.1, 0.15) is 36.7 Å². The number of nitrogens with zero attached hydrogens (tertiary/aromatic N) is 1. The molecule has 0 radical (unpaired) electrons. The molecule has 0 bridgehead atoms. The van der Waals surface area contributed by atoms with Crippen molar-refractivity contribution in [2.45, 2.75) is 26.2 Å². The minimum absolute atomic E-state index is 0.104. The lowest BCUT2D eigenvalue weighted by atomic mass is 9.98. The third-order valence-corrected chi connectivity index (χ3v) is 6.81. The molecule has 29 heavy (non-hydrogen) atoms.